The quantitative estimate of drug-likeness (QED) is 0.333. The van der Waals surface area contributed by atoms with E-state index in [1.165, 1.54) is 17.5 Å². The summed E-state index contributed by atoms with van der Waals surface area (Å²) in [6.45, 7) is 8.62. The average Bonchev–Trinajstić information content (AvgIpc) is 3.68. The van der Waals surface area contributed by atoms with Crippen LogP contribution in [0.15, 0.2) is 36.7 Å². The molecule has 2 saturated heterocycles. The van der Waals surface area contributed by atoms with Crippen molar-refractivity contribution in [2.24, 2.45) is 5.73 Å². The lowest BCUT2D eigenvalue weighted by Gasteiger charge is -2.41. The Balaban J connectivity index is 1.28. The Hall–Kier alpha value is -4.77. The molecule has 2 bridgehead atoms. The zero-order valence-corrected chi connectivity index (χ0v) is 25.1. The van der Waals surface area contributed by atoms with Crippen molar-refractivity contribution in [3.05, 3.63) is 42.2 Å². The number of ether oxygens (including phenoxy) is 1. The van der Waals surface area contributed by atoms with Gasteiger partial charge in [-0.3, -0.25) is 14.7 Å². The van der Waals surface area contributed by atoms with Gasteiger partial charge in [0.05, 0.1) is 46.3 Å². The fourth-order valence-corrected chi connectivity index (χ4v) is 6.45. The number of primary amides is 1. The second kappa shape index (κ2) is 10.8. The Morgan fingerprint density at radius 1 is 1.16 bits per heavy atom. The summed E-state index contributed by atoms with van der Waals surface area (Å²) in [6, 6.07) is 8.86. The van der Waals surface area contributed by atoms with Crippen LogP contribution in [0.2, 0.25) is 0 Å². The van der Waals surface area contributed by atoms with E-state index < -0.39 is 17.6 Å². The zero-order chi connectivity index (χ0) is 30.5. The highest BCUT2D eigenvalue weighted by atomic mass is 32.1. The molecule has 3 atom stereocenters. The fraction of sp³-hybridized carbons (Fsp3) is 0.414. The molecule has 2 aliphatic heterocycles. The van der Waals surface area contributed by atoms with Crippen LogP contribution in [-0.2, 0) is 9.53 Å². The molecule has 3 N–H and O–H groups in total. The van der Waals surface area contributed by atoms with Gasteiger partial charge in [0.15, 0.2) is 5.01 Å². The molecule has 6 heterocycles. The van der Waals surface area contributed by atoms with Crippen LogP contribution in [0.5, 0.6) is 0 Å². The number of fused-ring (bicyclic) bond motifs is 3. The average molecular weight is 601 g/mol. The van der Waals surface area contributed by atoms with Crippen LogP contribution in [0.3, 0.4) is 0 Å². The number of nitriles is 1. The first-order chi connectivity index (χ1) is 20.5. The van der Waals surface area contributed by atoms with E-state index >= 15 is 0 Å². The molecule has 2 unspecified atom stereocenters. The summed E-state index contributed by atoms with van der Waals surface area (Å²) in [5.74, 6) is -0.501. The molecule has 13 nitrogen and oxygen atoms in total. The van der Waals surface area contributed by atoms with Crippen molar-refractivity contribution in [3.63, 3.8) is 0 Å². The summed E-state index contributed by atoms with van der Waals surface area (Å²) in [5, 5.41) is 27.2. The van der Waals surface area contributed by atoms with Crippen LogP contribution < -0.4 is 16.0 Å². The normalized spacial score (nSPS) is 18.9. The van der Waals surface area contributed by atoms with Crippen LogP contribution >= 0.6 is 11.3 Å². The molecule has 14 heteroatoms. The van der Waals surface area contributed by atoms with Gasteiger partial charge in [0.1, 0.15) is 17.7 Å². The lowest BCUT2D eigenvalue weighted by molar-refractivity contribution is -0.118. The van der Waals surface area contributed by atoms with Crippen molar-refractivity contribution in [2.75, 3.05) is 23.3 Å². The molecular formula is C29H32N10O3S. The zero-order valence-electron chi connectivity index (χ0n) is 24.3. The van der Waals surface area contributed by atoms with Gasteiger partial charge in [0, 0.05) is 25.0 Å². The first-order valence-corrected chi connectivity index (χ1v) is 14.9. The molecule has 2 aliphatic rings. The standard InChI is InChI=1S/C29H32N10O3S/c1-16(25(31)40)34-22-10-23(24-8-7-18-9-17(11-30)12-33-39(18)24)32-13-21(22)26-35-36-27(43-26)37-14-19-5-6-20(15-37)38(19)28(41)42-29(2,3)4/h7-10,12-13,16,19-20H,5-6,14-15H2,1-4H3,(H2,31,40)(H,32,34)/t16-,19?,20?/m1/s1. The van der Waals surface area contributed by atoms with Crippen LogP contribution in [0.4, 0.5) is 15.6 Å². The third-order valence-corrected chi connectivity index (χ3v) is 8.61. The van der Waals surface area contributed by atoms with Crippen molar-refractivity contribution in [1.29, 1.82) is 5.26 Å². The van der Waals surface area contributed by atoms with Gasteiger partial charge in [-0.05, 0) is 64.8 Å². The number of nitrogens with one attached hydrogen (secondary N) is 1. The number of piperazine rings is 1. The predicted molar refractivity (Wildman–Crippen MR) is 161 cm³/mol. The highest BCUT2D eigenvalue weighted by molar-refractivity contribution is 7.18. The lowest BCUT2D eigenvalue weighted by Crippen LogP contribution is -2.56. The molecule has 222 valence electrons. The number of anilines is 2. The molecule has 0 aliphatic carbocycles. The summed E-state index contributed by atoms with van der Waals surface area (Å²) in [4.78, 5) is 33.6. The Bertz CT molecular complexity index is 1740. The van der Waals surface area contributed by atoms with Crippen molar-refractivity contribution in [2.45, 2.75) is 64.3 Å². The van der Waals surface area contributed by atoms with Crippen LogP contribution in [0.1, 0.15) is 46.1 Å². The van der Waals surface area contributed by atoms with Crippen LogP contribution in [-0.4, -0.2) is 78.5 Å². The van der Waals surface area contributed by atoms with Crippen molar-refractivity contribution >= 4 is 39.7 Å². The fourth-order valence-electron chi connectivity index (χ4n) is 5.57. The summed E-state index contributed by atoms with van der Waals surface area (Å²) in [6.07, 6.45) is 4.76. The highest BCUT2D eigenvalue weighted by Gasteiger charge is 2.45. The Morgan fingerprint density at radius 3 is 2.58 bits per heavy atom. The molecule has 43 heavy (non-hydrogen) atoms. The Morgan fingerprint density at radius 2 is 1.91 bits per heavy atom. The molecule has 6 rings (SSSR count). The second-order valence-corrected chi connectivity index (χ2v) is 12.8. The lowest BCUT2D eigenvalue weighted by atomic mass is 10.1. The first-order valence-electron chi connectivity index (χ1n) is 14.0. The summed E-state index contributed by atoms with van der Waals surface area (Å²) in [7, 11) is 0. The summed E-state index contributed by atoms with van der Waals surface area (Å²) < 4.78 is 7.38. The van der Waals surface area contributed by atoms with Gasteiger partial charge in [-0.2, -0.15) is 10.4 Å². The van der Waals surface area contributed by atoms with Gasteiger partial charge < -0.3 is 20.7 Å². The summed E-state index contributed by atoms with van der Waals surface area (Å²) in [5.41, 5.74) is 8.89. The number of nitrogens with two attached hydrogens (primary N) is 1. The number of hydrogen-bond donors (Lipinski definition) is 2. The number of amides is 2. The molecule has 0 radical (unpaired) electrons. The first kappa shape index (κ1) is 28.4. The SMILES string of the molecule is C[C@@H](Nc1cc(-c2ccc3cc(C#N)cnn23)ncc1-c1nnc(N2CC3CCC(C2)N3C(=O)OC(C)(C)C)s1)C(N)=O. The maximum absolute atomic E-state index is 12.9. The molecule has 2 amide bonds. The minimum atomic E-state index is -0.654. The molecule has 0 spiro atoms. The van der Waals surface area contributed by atoms with E-state index in [0.29, 0.717) is 40.6 Å². The van der Waals surface area contributed by atoms with E-state index in [4.69, 9.17) is 15.5 Å². The van der Waals surface area contributed by atoms with Gasteiger partial charge in [-0.15, -0.1) is 10.2 Å². The molecule has 0 saturated carbocycles. The largest absolute Gasteiger partial charge is 0.444 e. The predicted octanol–water partition coefficient (Wildman–Crippen LogP) is 3.66. The van der Waals surface area contributed by atoms with E-state index in [0.717, 1.165) is 29.2 Å². The Labute approximate surface area is 252 Å². The van der Waals surface area contributed by atoms with E-state index in [-0.39, 0.29) is 18.2 Å². The number of rotatable bonds is 6. The van der Waals surface area contributed by atoms with Gasteiger partial charge in [-0.1, -0.05) is 11.3 Å². The van der Waals surface area contributed by atoms with E-state index in [1.54, 1.807) is 23.7 Å². The number of aromatic nitrogens is 5. The third kappa shape index (κ3) is 5.55. The third-order valence-electron chi connectivity index (χ3n) is 7.60. The van der Waals surface area contributed by atoms with Crippen LogP contribution in [0.25, 0.3) is 27.5 Å². The minimum absolute atomic E-state index is 0.0465. The maximum Gasteiger partial charge on any atom is 0.410 e. The minimum Gasteiger partial charge on any atom is -0.444 e. The summed E-state index contributed by atoms with van der Waals surface area (Å²) >= 11 is 1.43. The van der Waals surface area contributed by atoms with E-state index in [2.05, 4.69) is 31.6 Å². The number of pyridine rings is 1. The molecule has 4 aromatic rings. The van der Waals surface area contributed by atoms with Crippen molar-refractivity contribution < 1.29 is 14.3 Å². The Kier molecular flexibility index (Phi) is 7.13. The smallest absolute Gasteiger partial charge is 0.410 e. The number of carbonyl (C=O) groups is 2. The van der Waals surface area contributed by atoms with Crippen molar-refractivity contribution in [3.8, 4) is 28.0 Å². The van der Waals surface area contributed by atoms with Gasteiger partial charge in [-0.25, -0.2) is 9.31 Å². The molecule has 4 aromatic heterocycles. The van der Waals surface area contributed by atoms with Crippen LogP contribution in [0, 0.1) is 11.3 Å². The number of nitrogens with zero attached hydrogens (tertiary/aromatic N) is 8. The molecule has 0 aromatic carbocycles. The van der Waals surface area contributed by atoms with Crippen molar-refractivity contribution in [1.82, 2.24) is 29.7 Å². The highest BCUT2D eigenvalue weighted by Crippen LogP contribution is 2.39. The van der Waals surface area contributed by atoms with Gasteiger partial charge >= 0.3 is 6.09 Å². The molecule has 2 fully saturated rings. The second-order valence-electron chi connectivity index (χ2n) is 11.9. The van der Waals surface area contributed by atoms with E-state index in [1.807, 2.05) is 43.9 Å². The van der Waals surface area contributed by atoms with Gasteiger partial charge in [0.25, 0.3) is 0 Å². The topological polar surface area (TPSA) is 168 Å². The van der Waals surface area contributed by atoms with Gasteiger partial charge in [0.2, 0.25) is 11.0 Å². The number of carbonyl (C=O) groups excluding carboxylic acids is 2. The maximum atomic E-state index is 12.9. The number of hydrogen-bond acceptors (Lipinski definition) is 11. The van der Waals surface area contributed by atoms with E-state index in [9.17, 15) is 14.9 Å². The molecular weight excluding hydrogens is 568 g/mol. The monoisotopic (exact) mass is 600 g/mol.